The van der Waals surface area contributed by atoms with Gasteiger partial charge in [0.05, 0.1) is 11.1 Å². The first kappa shape index (κ1) is 13.1. The Morgan fingerprint density at radius 3 is 2.70 bits per heavy atom. The van der Waals surface area contributed by atoms with E-state index >= 15 is 0 Å². The second kappa shape index (κ2) is 5.20. The molecule has 3 rings (SSSR count). The number of nitrogens with zero attached hydrogens (tertiary/aromatic N) is 2. The summed E-state index contributed by atoms with van der Waals surface area (Å²) in [5.41, 5.74) is 7.23. The molecule has 0 saturated carbocycles. The van der Waals surface area contributed by atoms with E-state index in [-0.39, 0.29) is 5.84 Å². The molecule has 0 radical (unpaired) electrons. The van der Waals surface area contributed by atoms with Crippen LogP contribution in [0.4, 0.5) is 5.82 Å². The van der Waals surface area contributed by atoms with Crippen molar-refractivity contribution in [2.45, 2.75) is 0 Å². The molecule has 1 aliphatic heterocycles. The van der Waals surface area contributed by atoms with Crippen LogP contribution in [0.25, 0.3) is 10.9 Å². The number of para-hydroxylation sites is 1. The topological polar surface area (TPSA) is 83.1 Å². The number of anilines is 1. The number of fused-ring (bicyclic) bond motifs is 1. The maximum absolute atomic E-state index is 11.5. The minimum atomic E-state index is -0.733. The van der Waals surface area contributed by atoms with Gasteiger partial charge in [0, 0.05) is 40.8 Å². The number of pyridine rings is 1. The number of benzene rings is 1. The quantitative estimate of drug-likeness (QED) is 0.640. The van der Waals surface area contributed by atoms with E-state index in [1.807, 2.05) is 30.3 Å². The highest BCUT2D eigenvalue weighted by atomic mass is 32.2. The van der Waals surface area contributed by atoms with E-state index in [9.17, 15) is 4.21 Å². The molecule has 1 aromatic heterocycles. The summed E-state index contributed by atoms with van der Waals surface area (Å²) in [6, 6.07) is 9.70. The van der Waals surface area contributed by atoms with Gasteiger partial charge in [0.1, 0.15) is 11.7 Å². The maximum atomic E-state index is 11.5. The van der Waals surface area contributed by atoms with Crippen LogP contribution in [0.15, 0.2) is 30.3 Å². The molecule has 104 valence electrons. The molecule has 2 aromatic rings. The molecular weight excluding hydrogens is 272 g/mol. The molecule has 0 atom stereocenters. The zero-order chi connectivity index (χ0) is 14.1. The van der Waals surface area contributed by atoms with Gasteiger partial charge in [-0.1, -0.05) is 18.2 Å². The van der Waals surface area contributed by atoms with E-state index in [2.05, 4.69) is 9.88 Å². The van der Waals surface area contributed by atoms with Gasteiger partial charge in [0.15, 0.2) is 0 Å². The molecule has 1 aromatic carbocycles. The zero-order valence-corrected chi connectivity index (χ0v) is 11.8. The molecule has 1 saturated heterocycles. The number of nitrogen functional groups attached to an aromatic ring is 1. The normalized spacial score (nSPS) is 16.5. The van der Waals surface area contributed by atoms with E-state index in [4.69, 9.17) is 11.1 Å². The van der Waals surface area contributed by atoms with Gasteiger partial charge in [-0.2, -0.15) is 0 Å². The maximum Gasteiger partial charge on any atom is 0.140 e. The summed E-state index contributed by atoms with van der Waals surface area (Å²) in [5, 5.41) is 8.73. The fraction of sp³-hybridized carbons (Fsp3) is 0.286. The summed E-state index contributed by atoms with van der Waals surface area (Å²) in [5.74, 6) is 2.04. The Balaban J connectivity index is 2.10. The molecule has 0 unspecified atom stereocenters. The van der Waals surface area contributed by atoms with Crippen LogP contribution >= 0.6 is 0 Å². The Bertz CT molecular complexity index is 691. The Kier molecular flexibility index (Phi) is 3.40. The van der Waals surface area contributed by atoms with Crippen LogP contribution in [0.5, 0.6) is 0 Å². The van der Waals surface area contributed by atoms with Crippen LogP contribution in [0.1, 0.15) is 5.56 Å². The van der Waals surface area contributed by atoms with Gasteiger partial charge >= 0.3 is 0 Å². The lowest BCUT2D eigenvalue weighted by Crippen LogP contribution is -2.39. The summed E-state index contributed by atoms with van der Waals surface area (Å²) >= 11 is 0. The molecule has 5 nitrogen and oxygen atoms in total. The van der Waals surface area contributed by atoms with Gasteiger partial charge < -0.3 is 10.6 Å². The largest absolute Gasteiger partial charge is 0.384 e. The molecule has 2 heterocycles. The second-order valence-corrected chi connectivity index (χ2v) is 6.50. The van der Waals surface area contributed by atoms with Crippen molar-refractivity contribution in [1.82, 2.24) is 4.98 Å². The third-order valence-corrected chi connectivity index (χ3v) is 4.75. The van der Waals surface area contributed by atoms with E-state index in [1.165, 1.54) is 0 Å². The summed E-state index contributed by atoms with van der Waals surface area (Å²) in [6.07, 6.45) is 0. The Hall–Kier alpha value is -1.95. The predicted octanol–water partition coefficient (Wildman–Crippen LogP) is 1.09. The van der Waals surface area contributed by atoms with Crippen LogP contribution in [0, 0.1) is 5.41 Å². The van der Waals surface area contributed by atoms with Crippen molar-refractivity contribution in [2.24, 2.45) is 5.73 Å². The number of aromatic nitrogens is 1. The summed E-state index contributed by atoms with van der Waals surface area (Å²) < 4.78 is 11.5. The first-order valence-corrected chi connectivity index (χ1v) is 7.98. The van der Waals surface area contributed by atoms with Gasteiger partial charge in [0.25, 0.3) is 0 Å². The van der Waals surface area contributed by atoms with Crippen LogP contribution in [-0.4, -0.2) is 39.6 Å². The lowest BCUT2D eigenvalue weighted by Gasteiger charge is -2.29. The van der Waals surface area contributed by atoms with Crippen molar-refractivity contribution in [3.63, 3.8) is 0 Å². The Labute approximate surface area is 119 Å². The van der Waals surface area contributed by atoms with Crippen molar-refractivity contribution < 1.29 is 4.21 Å². The standard InChI is InChI=1S/C14H16N4OS/c15-13(16)11-9-10-3-1-2-4-12(10)17-14(11)18-5-7-20(19)8-6-18/h1-4,9H,5-8H2,(H3,15,16). The molecule has 0 spiro atoms. The second-order valence-electron chi connectivity index (χ2n) is 4.80. The minimum Gasteiger partial charge on any atom is -0.384 e. The van der Waals surface area contributed by atoms with E-state index in [1.54, 1.807) is 0 Å². The molecule has 0 bridgehead atoms. The highest BCUT2D eigenvalue weighted by Gasteiger charge is 2.20. The summed E-state index contributed by atoms with van der Waals surface area (Å²) in [7, 11) is -0.733. The van der Waals surface area contributed by atoms with Gasteiger partial charge in [-0.15, -0.1) is 0 Å². The van der Waals surface area contributed by atoms with E-state index in [0.717, 1.165) is 16.7 Å². The third-order valence-electron chi connectivity index (χ3n) is 3.47. The molecule has 0 aliphatic carbocycles. The van der Waals surface area contributed by atoms with Crippen molar-refractivity contribution in [3.8, 4) is 0 Å². The highest BCUT2D eigenvalue weighted by molar-refractivity contribution is 7.85. The molecule has 1 fully saturated rings. The number of nitrogens with two attached hydrogens (primary N) is 1. The van der Waals surface area contributed by atoms with Crippen molar-refractivity contribution >= 4 is 33.4 Å². The Morgan fingerprint density at radius 2 is 2.00 bits per heavy atom. The predicted molar refractivity (Wildman–Crippen MR) is 82.8 cm³/mol. The molecular formula is C14H16N4OS. The summed E-state index contributed by atoms with van der Waals surface area (Å²) in [6.45, 7) is 1.39. The fourth-order valence-electron chi connectivity index (χ4n) is 2.39. The Morgan fingerprint density at radius 1 is 1.30 bits per heavy atom. The highest BCUT2D eigenvalue weighted by Crippen LogP contribution is 2.24. The molecule has 0 amide bonds. The lowest BCUT2D eigenvalue weighted by molar-refractivity contribution is 0.672. The van der Waals surface area contributed by atoms with Gasteiger partial charge in [-0.25, -0.2) is 4.98 Å². The molecule has 1 aliphatic rings. The van der Waals surface area contributed by atoms with Crippen LogP contribution in [-0.2, 0) is 10.8 Å². The third kappa shape index (κ3) is 2.38. The van der Waals surface area contributed by atoms with Crippen LogP contribution in [0.2, 0.25) is 0 Å². The first-order valence-electron chi connectivity index (χ1n) is 6.49. The average molecular weight is 288 g/mol. The molecule has 20 heavy (non-hydrogen) atoms. The van der Waals surface area contributed by atoms with E-state index in [0.29, 0.717) is 30.2 Å². The van der Waals surface area contributed by atoms with Crippen molar-refractivity contribution in [1.29, 1.82) is 5.41 Å². The van der Waals surface area contributed by atoms with Crippen molar-refractivity contribution in [2.75, 3.05) is 29.5 Å². The first-order chi connectivity index (χ1) is 9.65. The van der Waals surface area contributed by atoms with Crippen LogP contribution < -0.4 is 10.6 Å². The van der Waals surface area contributed by atoms with E-state index < -0.39 is 10.8 Å². The van der Waals surface area contributed by atoms with Gasteiger partial charge in [-0.3, -0.25) is 9.62 Å². The fourth-order valence-corrected chi connectivity index (χ4v) is 3.45. The number of hydrogen-bond donors (Lipinski definition) is 2. The number of hydrogen-bond acceptors (Lipinski definition) is 4. The molecule has 3 N–H and O–H groups in total. The smallest absolute Gasteiger partial charge is 0.140 e. The zero-order valence-electron chi connectivity index (χ0n) is 11.0. The number of nitrogens with one attached hydrogen (secondary N) is 1. The van der Waals surface area contributed by atoms with Gasteiger partial charge in [0.2, 0.25) is 0 Å². The van der Waals surface area contributed by atoms with Gasteiger partial charge in [-0.05, 0) is 12.1 Å². The monoisotopic (exact) mass is 288 g/mol. The number of rotatable bonds is 2. The summed E-state index contributed by atoms with van der Waals surface area (Å²) in [4.78, 5) is 6.73. The SMILES string of the molecule is N=C(N)c1cc2ccccc2nc1N1CCS(=O)CC1. The minimum absolute atomic E-state index is 0.0185. The average Bonchev–Trinajstić information content (AvgIpc) is 2.46. The lowest BCUT2D eigenvalue weighted by atomic mass is 10.1. The molecule has 6 heteroatoms. The van der Waals surface area contributed by atoms with Crippen LogP contribution in [0.3, 0.4) is 0 Å². The van der Waals surface area contributed by atoms with Crippen molar-refractivity contribution in [3.05, 3.63) is 35.9 Å². The number of amidine groups is 1.